The summed E-state index contributed by atoms with van der Waals surface area (Å²) in [5.41, 5.74) is 6.45. The van der Waals surface area contributed by atoms with Crippen LogP contribution in [-0.4, -0.2) is 11.1 Å². The number of anilines is 1. The molecule has 29 heavy (non-hydrogen) atoms. The van der Waals surface area contributed by atoms with E-state index in [1.165, 1.54) is 6.07 Å². The van der Waals surface area contributed by atoms with Crippen molar-refractivity contribution in [3.8, 4) is 22.6 Å². The fraction of sp³-hybridized carbons (Fsp3) is 0.208. The standard InChI is InChI=1S/C24H22FNO3/c1-13-7-9-16(10-8-13)22-15(3)24-23(14(2)17(22)11-21(27)28)26-12-18-19(25)5-4-6-20(18)29-24/h4-10,26H,11-12H2,1-3H3,(H,27,28). The SMILES string of the molecule is Cc1ccc(-c2c(C)c3c(c(C)c2CC(=O)O)NCc2c(F)cccc2O3)cc1. The minimum absolute atomic E-state index is 0.105. The van der Waals surface area contributed by atoms with Gasteiger partial charge in [0.05, 0.1) is 12.1 Å². The van der Waals surface area contributed by atoms with Crippen LogP contribution in [0.5, 0.6) is 11.5 Å². The van der Waals surface area contributed by atoms with Gasteiger partial charge in [0.1, 0.15) is 11.6 Å². The van der Waals surface area contributed by atoms with Gasteiger partial charge in [-0.1, -0.05) is 35.9 Å². The number of carboxylic acids is 1. The molecule has 148 valence electrons. The molecular formula is C24H22FNO3. The summed E-state index contributed by atoms with van der Waals surface area (Å²) in [6.45, 7) is 6.09. The van der Waals surface area contributed by atoms with E-state index < -0.39 is 5.97 Å². The van der Waals surface area contributed by atoms with Crippen molar-refractivity contribution in [3.63, 3.8) is 0 Å². The Labute approximate surface area is 169 Å². The molecule has 5 heteroatoms. The van der Waals surface area contributed by atoms with Crippen LogP contribution in [0.15, 0.2) is 42.5 Å². The molecule has 0 bridgehead atoms. The first-order valence-electron chi connectivity index (χ1n) is 9.50. The Morgan fingerprint density at radius 3 is 2.52 bits per heavy atom. The van der Waals surface area contributed by atoms with Crippen LogP contribution in [0.2, 0.25) is 0 Å². The van der Waals surface area contributed by atoms with Crippen LogP contribution in [0.1, 0.15) is 27.8 Å². The van der Waals surface area contributed by atoms with Gasteiger partial charge in [0.15, 0.2) is 5.75 Å². The van der Waals surface area contributed by atoms with Gasteiger partial charge in [-0.25, -0.2) is 4.39 Å². The number of hydrogen-bond acceptors (Lipinski definition) is 3. The number of rotatable bonds is 3. The Bertz CT molecular complexity index is 1120. The lowest BCUT2D eigenvalue weighted by Crippen LogP contribution is -2.09. The van der Waals surface area contributed by atoms with Crippen LogP contribution in [0.25, 0.3) is 11.1 Å². The van der Waals surface area contributed by atoms with E-state index in [0.29, 0.717) is 22.7 Å². The quantitative estimate of drug-likeness (QED) is 0.596. The summed E-state index contributed by atoms with van der Waals surface area (Å²) in [5.74, 6) is -0.150. The van der Waals surface area contributed by atoms with E-state index in [4.69, 9.17) is 4.74 Å². The smallest absolute Gasteiger partial charge is 0.307 e. The summed E-state index contributed by atoms with van der Waals surface area (Å²) in [4.78, 5) is 11.6. The lowest BCUT2D eigenvalue weighted by molar-refractivity contribution is -0.136. The predicted octanol–water partition coefficient (Wildman–Crippen LogP) is 5.76. The number of carbonyl (C=O) groups is 1. The molecule has 2 N–H and O–H groups in total. The molecule has 3 aromatic rings. The number of fused-ring (bicyclic) bond motifs is 2. The highest BCUT2D eigenvalue weighted by atomic mass is 19.1. The molecule has 0 radical (unpaired) electrons. The minimum Gasteiger partial charge on any atom is -0.481 e. The lowest BCUT2D eigenvalue weighted by Gasteiger charge is -2.22. The van der Waals surface area contributed by atoms with Crippen molar-refractivity contribution < 1.29 is 19.0 Å². The number of benzene rings is 3. The molecular weight excluding hydrogens is 369 g/mol. The highest BCUT2D eigenvalue weighted by Crippen LogP contribution is 2.46. The number of carboxylic acid groups (broad SMARTS) is 1. The minimum atomic E-state index is -0.898. The van der Waals surface area contributed by atoms with Gasteiger partial charge >= 0.3 is 5.97 Å². The molecule has 0 unspecified atom stereocenters. The van der Waals surface area contributed by atoms with Crippen molar-refractivity contribution in [2.24, 2.45) is 0 Å². The third kappa shape index (κ3) is 3.33. The van der Waals surface area contributed by atoms with Gasteiger partial charge in [-0.15, -0.1) is 0 Å². The van der Waals surface area contributed by atoms with E-state index in [9.17, 15) is 14.3 Å². The largest absolute Gasteiger partial charge is 0.481 e. The highest BCUT2D eigenvalue weighted by molar-refractivity contribution is 5.86. The second-order valence-electron chi connectivity index (χ2n) is 7.42. The first kappa shape index (κ1) is 19.0. The first-order valence-corrected chi connectivity index (χ1v) is 9.50. The second-order valence-corrected chi connectivity index (χ2v) is 7.42. The molecule has 1 heterocycles. The van der Waals surface area contributed by atoms with E-state index >= 15 is 0 Å². The van der Waals surface area contributed by atoms with Crippen LogP contribution in [0.3, 0.4) is 0 Å². The summed E-state index contributed by atoms with van der Waals surface area (Å²) >= 11 is 0. The lowest BCUT2D eigenvalue weighted by atomic mass is 9.88. The third-order valence-electron chi connectivity index (χ3n) is 5.47. The Morgan fingerprint density at radius 1 is 1.10 bits per heavy atom. The van der Waals surface area contributed by atoms with E-state index in [-0.39, 0.29) is 18.8 Å². The van der Waals surface area contributed by atoms with Crippen LogP contribution >= 0.6 is 0 Å². The van der Waals surface area contributed by atoms with Crippen molar-refractivity contribution in [2.45, 2.75) is 33.7 Å². The zero-order chi connectivity index (χ0) is 20.7. The Balaban J connectivity index is 1.98. The van der Waals surface area contributed by atoms with Crippen LogP contribution in [-0.2, 0) is 17.8 Å². The highest BCUT2D eigenvalue weighted by Gasteiger charge is 2.26. The van der Waals surface area contributed by atoms with E-state index in [0.717, 1.165) is 33.4 Å². The molecule has 0 atom stereocenters. The fourth-order valence-corrected chi connectivity index (χ4v) is 3.95. The van der Waals surface area contributed by atoms with Crippen molar-refractivity contribution in [1.29, 1.82) is 0 Å². The van der Waals surface area contributed by atoms with Gasteiger partial charge in [0.2, 0.25) is 0 Å². The Hall–Kier alpha value is -3.34. The molecule has 0 aromatic heterocycles. The van der Waals surface area contributed by atoms with Gasteiger partial charge in [-0.3, -0.25) is 4.79 Å². The van der Waals surface area contributed by atoms with Crippen LogP contribution in [0.4, 0.5) is 10.1 Å². The maximum atomic E-state index is 14.3. The molecule has 4 rings (SSSR count). The van der Waals surface area contributed by atoms with Gasteiger partial charge in [-0.05, 0) is 55.2 Å². The molecule has 0 aliphatic carbocycles. The van der Waals surface area contributed by atoms with Gasteiger partial charge in [0.25, 0.3) is 0 Å². The number of ether oxygens (including phenoxy) is 1. The Kier molecular flexibility index (Phi) is 4.74. The van der Waals surface area contributed by atoms with Crippen molar-refractivity contribution >= 4 is 11.7 Å². The molecule has 0 saturated carbocycles. The molecule has 3 aromatic carbocycles. The number of aliphatic carboxylic acids is 1. The molecule has 0 amide bonds. The topological polar surface area (TPSA) is 58.6 Å². The van der Waals surface area contributed by atoms with Crippen LogP contribution < -0.4 is 10.1 Å². The predicted molar refractivity (Wildman–Crippen MR) is 111 cm³/mol. The molecule has 0 saturated heterocycles. The van der Waals surface area contributed by atoms with E-state index in [1.54, 1.807) is 12.1 Å². The normalized spacial score (nSPS) is 12.3. The zero-order valence-electron chi connectivity index (χ0n) is 16.6. The number of hydrogen-bond donors (Lipinski definition) is 2. The molecule has 0 spiro atoms. The van der Waals surface area contributed by atoms with E-state index in [2.05, 4.69) is 5.32 Å². The maximum Gasteiger partial charge on any atom is 0.307 e. The van der Waals surface area contributed by atoms with Crippen molar-refractivity contribution in [3.05, 3.63) is 76.1 Å². The van der Waals surface area contributed by atoms with Crippen molar-refractivity contribution in [2.75, 3.05) is 5.32 Å². The molecule has 1 aliphatic heterocycles. The number of halogens is 1. The van der Waals surface area contributed by atoms with Crippen molar-refractivity contribution in [1.82, 2.24) is 0 Å². The van der Waals surface area contributed by atoms with Crippen LogP contribution in [0, 0.1) is 26.6 Å². The molecule has 4 nitrogen and oxygen atoms in total. The monoisotopic (exact) mass is 391 g/mol. The average Bonchev–Trinajstić information content (AvgIpc) is 2.88. The number of aryl methyl sites for hydroxylation is 1. The Morgan fingerprint density at radius 2 is 1.83 bits per heavy atom. The fourth-order valence-electron chi connectivity index (χ4n) is 3.95. The molecule has 1 aliphatic rings. The third-order valence-corrected chi connectivity index (χ3v) is 5.47. The van der Waals surface area contributed by atoms with Gasteiger partial charge in [0, 0.05) is 17.7 Å². The summed E-state index contributed by atoms with van der Waals surface area (Å²) in [6.07, 6.45) is -0.105. The molecule has 0 fully saturated rings. The maximum absolute atomic E-state index is 14.3. The first-order chi connectivity index (χ1) is 13.9. The summed E-state index contributed by atoms with van der Waals surface area (Å²) < 4.78 is 20.5. The zero-order valence-corrected chi connectivity index (χ0v) is 16.6. The average molecular weight is 391 g/mol. The second kappa shape index (κ2) is 7.24. The summed E-state index contributed by atoms with van der Waals surface area (Å²) in [7, 11) is 0. The van der Waals surface area contributed by atoms with Gasteiger partial charge < -0.3 is 15.2 Å². The van der Waals surface area contributed by atoms with Gasteiger partial charge in [-0.2, -0.15) is 0 Å². The summed E-state index contributed by atoms with van der Waals surface area (Å²) in [5, 5.41) is 12.8. The summed E-state index contributed by atoms with van der Waals surface area (Å²) in [6, 6.07) is 12.8. The number of nitrogens with one attached hydrogen (secondary N) is 1. The van der Waals surface area contributed by atoms with E-state index in [1.807, 2.05) is 45.0 Å².